The van der Waals surface area contributed by atoms with E-state index in [1.54, 1.807) is 0 Å². The number of nitrogens with one attached hydrogen (secondary N) is 1. The monoisotopic (exact) mass is 449 g/mol. The van der Waals surface area contributed by atoms with Crippen LogP contribution in [0.3, 0.4) is 0 Å². The van der Waals surface area contributed by atoms with Crippen molar-refractivity contribution in [3.05, 3.63) is 29.3 Å². The summed E-state index contributed by atoms with van der Waals surface area (Å²) < 4.78 is 23.9. The number of halogens is 1. The van der Waals surface area contributed by atoms with Gasteiger partial charge in [-0.25, -0.2) is 13.9 Å². The quantitative estimate of drug-likeness (QED) is 0.321. The molecular formula is C17H32BrN3O2SSi. The van der Waals surface area contributed by atoms with Gasteiger partial charge in [0, 0.05) is 20.9 Å². The molecule has 0 amide bonds. The Bertz CT molecular complexity index is 594. The van der Waals surface area contributed by atoms with Gasteiger partial charge in [-0.2, -0.15) is 0 Å². The fourth-order valence-corrected chi connectivity index (χ4v) is 4.00. The molecule has 0 unspecified atom stereocenters. The third-order valence-corrected chi connectivity index (χ3v) is 7.22. The number of ether oxygens (including phenoxy) is 1. The van der Waals surface area contributed by atoms with Crippen molar-refractivity contribution in [2.45, 2.75) is 70.4 Å². The lowest BCUT2D eigenvalue weighted by Gasteiger charge is -2.24. The molecule has 0 bridgehead atoms. The lowest BCUT2D eigenvalue weighted by Crippen LogP contribution is -2.36. The summed E-state index contributed by atoms with van der Waals surface area (Å²) in [5, 5.41) is 0. The van der Waals surface area contributed by atoms with Crippen LogP contribution in [0.25, 0.3) is 0 Å². The second-order valence-electron chi connectivity index (χ2n) is 8.32. The second-order valence-corrected chi connectivity index (χ2v) is 16.7. The van der Waals surface area contributed by atoms with Gasteiger partial charge < -0.3 is 9.30 Å². The van der Waals surface area contributed by atoms with Gasteiger partial charge in [0.2, 0.25) is 0 Å². The van der Waals surface area contributed by atoms with E-state index in [-0.39, 0.29) is 10.8 Å². The van der Waals surface area contributed by atoms with Crippen LogP contribution < -0.4 is 4.72 Å². The molecule has 0 spiro atoms. The summed E-state index contributed by atoms with van der Waals surface area (Å²) >= 11 is 3.44. The number of rotatable bonds is 10. The van der Waals surface area contributed by atoms with Crippen LogP contribution in [0.4, 0.5) is 0 Å². The third-order valence-electron chi connectivity index (χ3n) is 3.52. The first kappa shape index (κ1) is 22.8. The van der Waals surface area contributed by atoms with Crippen LogP contribution in [-0.4, -0.2) is 33.2 Å². The summed E-state index contributed by atoms with van der Waals surface area (Å²) in [5.41, 5.74) is 0. The molecule has 2 atom stereocenters. The van der Waals surface area contributed by atoms with Crippen LogP contribution >= 0.6 is 15.9 Å². The van der Waals surface area contributed by atoms with Gasteiger partial charge in [0.1, 0.15) is 17.2 Å². The summed E-state index contributed by atoms with van der Waals surface area (Å²) in [6, 6.07) is 0.949. The van der Waals surface area contributed by atoms with E-state index in [9.17, 15) is 4.21 Å². The largest absolute Gasteiger partial charge is 0.361 e. The van der Waals surface area contributed by atoms with Gasteiger partial charge in [-0.15, -0.1) is 6.58 Å². The maximum Gasteiger partial charge on any atom is 0.130 e. The first-order valence-electron chi connectivity index (χ1n) is 8.53. The molecule has 1 N–H and O–H groups in total. The van der Waals surface area contributed by atoms with Crippen molar-refractivity contribution in [3.8, 4) is 0 Å². The van der Waals surface area contributed by atoms with Crippen molar-refractivity contribution in [1.29, 1.82) is 0 Å². The summed E-state index contributed by atoms with van der Waals surface area (Å²) in [6.07, 6.45) is 4.36. The van der Waals surface area contributed by atoms with E-state index >= 15 is 0 Å². The average Bonchev–Trinajstić information content (AvgIpc) is 2.82. The first-order chi connectivity index (χ1) is 11.4. The predicted molar refractivity (Wildman–Crippen MR) is 113 cm³/mol. The SMILES string of the molecule is C=CC[C@H](N[S@@](=O)C(C)(C)C)c1nc(Br)cn1COCC[Si](C)(C)C. The summed E-state index contributed by atoms with van der Waals surface area (Å²) in [5.74, 6) is 0.803. The molecule has 0 aliphatic carbocycles. The molecule has 0 aliphatic rings. The fourth-order valence-electron chi connectivity index (χ4n) is 2.00. The molecule has 8 heteroatoms. The maximum absolute atomic E-state index is 12.5. The molecule has 1 aromatic heterocycles. The third kappa shape index (κ3) is 8.30. The minimum atomic E-state index is -1.19. The molecule has 25 heavy (non-hydrogen) atoms. The molecule has 0 aromatic carbocycles. The Labute approximate surface area is 164 Å². The van der Waals surface area contributed by atoms with E-state index < -0.39 is 19.1 Å². The summed E-state index contributed by atoms with van der Waals surface area (Å²) in [7, 11) is -2.30. The van der Waals surface area contributed by atoms with Crippen LogP contribution in [0, 0.1) is 0 Å². The smallest absolute Gasteiger partial charge is 0.130 e. The number of aromatic nitrogens is 2. The number of hydrogen-bond acceptors (Lipinski definition) is 3. The van der Waals surface area contributed by atoms with Gasteiger partial charge >= 0.3 is 0 Å². The van der Waals surface area contributed by atoms with Crippen molar-refractivity contribution in [3.63, 3.8) is 0 Å². The van der Waals surface area contributed by atoms with Crippen LogP contribution in [0.1, 0.15) is 39.1 Å². The van der Waals surface area contributed by atoms with Crippen molar-refractivity contribution >= 4 is 35.0 Å². The zero-order valence-electron chi connectivity index (χ0n) is 16.3. The molecule has 0 fully saturated rings. The lowest BCUT2D eigenvalue weighted by atomic mass is 10.2. The van der Waals surface area contributed by atoms with Gasteiger partial charge in [-0.1, -0.05) is 25.7 Å². The van der Waals surface area contributed by atoms with Crippen molar-refractivity contribution in [2.75, 3.05) is 6.61 Å². The van der Waals surface area contributed by atoms with Crippen molar-refractivity contribution in [1.82, 2.24) is 14.3 Å². The van der Waals surface area contributed by atoms with E-state index in [2.05, 4.69) is 51.9 Å². The highest BCUT2D eigenvalue weighted by Gasteiger charge is 2.26. The molecule has 5 nitrogen and oxygen atoms in total. The Balaban J connectivity index is 2.85. The molecule has 144 valence electrons. The van der Waals surface area contributed by atoms with Crippen LogP contribution in [-0.2, 0) is 22.5 Å². The molecule has 1 aromatic rings. The number of nitrogens with zero attached hydrogens (tertiary/aromatic N) is 2. The van der Waals surface area contributed by atoms with Gasteiger partial charge in [0.25, 0.3) is 0 Å². The Morgan fingerprint density at radius 3 is 2.64 bits per heavy atom. The first-order valence-corrected chi connectivity index (χ1v) is 14.2. The maximum atomic E-state index is 12.5. The number of imidazole rings is 1. The molecule has 1 heterocycles. The van der Waals surface area contributed by atoms with Gasteiger partial charge in [-0.3, -0.25) is 0 Å². The molecule has 1 rings (SSSR count). The van der Waals surface area contributed by atoms with E-state index in [0.717, 1.165) is 23.1 Å². The standard InChI is InChI=1S/C17H32BrN3O2SSi/c1-8-9-14(20-24(22)17(2,3)4)16-19-15(18)12-21(16)13-23-10-11-25(5,6)7/h8,12,14,20H,1,9-11,13H2,2-7H3/t14-,24-/m0/s1. The lowest BCUT2D eigenvalue weighted by molar-refractivity contribution is 0.0841. The Hall–Kier alpha value is -0.283. The molecular weight excluding hydrogens is 418 g/mol. The predicted octanol–water partition coefficient (Wildman–Crippen LogP) is 4.63. The van der Waals surface area contributed by atoms with Crippen LogP contribution in [0.15, 0.2) is 23.5 Å². The Morgan fingerprint density at radius 2 is 2.12 bits per heavy atom. The fraction of sp³-hybridized carbons (Fsp3) is 0.706. The Kier molecular flexibility index (Phi) is 8.73. The number of hydrogen-bond donors (Lipinski definition) is 1. The van der Waals surface area contributed by atoms with Gasteiger partial charge in [0.05, 0.1) is 21.8 Å². The van der Waals surface area contributed by atoms with Crippen LogP contribution in [0.5, 0.6) is 0 Å². The molecule has 0 saturated heterocycles. The van der Waals surface area contributed by atoms with Crippen LogP contribution in [0.2, 0.25) is 25.7 Å². The summed E-state index contributed by atoms with van der Waals surface area (Å²) in [4.78, 5) is 4.56. The minimum absolute atomic E-state index is 0.176. The topological polar surface area (TPSA) is 56.2 Å². The van der Waals surface area contributed by atoms with Crippen molar-refractivity contribution < 1.29 is 8.95 Å². The molecule has 0 radical (unpaired) electrons. The highest BCUT2D eigenvalue weighted by Crippen LogP contribution is 2.23. The average molecular weight is 451 g/mol. The van der Waals surface area contributed by atoms with E-state index in [4.69, 9.17) is 4.74 Å². The molecule has 0 aliphatic heterocycles. The van der Waals surface area contributed by atoms with Gasteiger partial charge in [-0.05, 0) is 49.2 Å². The zero-order valence-corrected chi connectivity index (χ0v) is 19.7. The van der Waals surface area contributed by atoms with Crippen molar-refractivity contribution in [2.24, 2.45) is 0 Å². The Morgan fingerprint density at radius 1 is 1.48 bits per heavy atom. The van der Waals surface area contributed by atoms with E-state index in [0.29, 0.717) is 13.2 Å². The highest BCUT2D eigenvalue weighted by molar-refractivity contribution is 9.10. The molecule has 0 saturated carbocycles. The summed E-state index contributed by atoms with van der Waals surface area (Å²) in [6.45, 7) is 17.9. The minimum Gasteiger partial charge on any atom is -0.361 e. The highest BCUT2D eigenvalue weighted by atomic mass is 79.9. The second kappa shape index (κ2) is 9.59. The zero-order chi connectivity index (χ0) is 19.3. The normalized spacial score (nSPS) is 15.2. The van der Waals surface area contributed by atoms with Gasteiger partial charge in [0.15, 0.2) is 0 Å². The van der Waals surface area contributed by atoms with E-state index in [1.165, 1.54) is 0 Å². The van der Waals surface area contributed by atoms with E-state index in [1.807, 2.05) is 37.6 Å².